The van der Waals surface area contributed by atoms with Crippen LogP contribution in [0, 0.1) is 12.7 Å². The van der Waals surface area contributed by atoms with Crippen molar-refractivity contribution in [2.24, 2.45) is 0 Å². The number of rotatable bonds is 10. The lowest BCUT2D eigenvalue weighted by molar-refractivity contribution is -0.121. The predicted octanol–water partition coefficient (Wildman–Crippen LogP) is 3.66. The molecule has 2 N–H and O–H groups in total. The van der Waals surface area contributed by atoms with Gasteiger partial charge in [0.05, 0.1) is 17.1 Å². The quantitative estimate of drug-likeness (QED) is 0.363. The number of carbonyl (C=O) groups is 2. The molecule has 0 unspecified atom stereocenters. The Morgan fingerprint density at radius 3 is 2.72 bits per heavy atom. The lowest BCUT2D eigenvalue weighted by atomic mass is 10.1. The number of carbonyl (C=O) groups excluding carboxylic acids is 2. The number of hydrogen-bond acceptors (Lipinski definition) is 5. The Hall–Kier alpha value is -3.52. The number of nitrogens with one attached hydrogen (secondary N) is 2. The largest absolute Gasteiger partial charge is 0.487 e. The third-order valence-electron chi connectivity index (χ3n) is 4.34. The molecule has 32 heavy (non-hydrogen) atoms. The fourth-order valence-electron chi connectivity index (χ4n) is 2.85. The summed E-state index contributed by atoms with van der Waals surface area (Å²) in [6, 6.07) is 13.3. The summed E-state index contributed by atoms with van der Waals surface area (Å²) in [6.07, 6.45) is 3.21. The van der Waals surface area contributed by atoms with Crippen LogP contribution in [0.5, 0.6) is 5.75 Å². The van der Waals surface area contributed by atoms with Gasteiger partial charge in [0.2, 0.25) is 11.8 Å². The van der Waals surface area contributed by atoms with Gasteiger partial charge in [-0.05, 0) is 48.4 Å². The molecular formula is C24H24FN3O3S. The van der Waals surface area contributed by atoms with Gasteiger partial charge in [-0.25, -0.2) is 9.37 Å². The fourth-order valence-corrected chi connectivity index (χ4v) is 3.45. The van der Waals surface area contributed by atoms with E-state index in [1.54, 1.807) is 29.5 Å². The van der Waals surface area contributed by atoms with Crippen LogP contribution in [-0.4, -0.2) is 29.9 Å². The molecule has 0 aliphatic heterocycles. The summed E-state index contributed by atoms with van der Waals surface area (Å²) in [5.74, 6) is -0.182. The maximum absolute atomic E-state index is 13.1. The van der Waals surface area contributed by atoms with Crippen molar-refractivity contribution in [2.45, 2.75) is 20.0 Å². The molecule has 1 heterocycles. The number of aryl methyl sites for hydroxylation is 1. The normalized spacial score (nSPS) is 10.8. The maximum Gasteiger partial charge on any atom is 0.244 e. The third-order valence-corrected chi connectivity index (χ3v) is 5.16. The van der Waals surface area contributed by atoms with Crippen molar-refractivity contribution in [3.8, 4) is 5.75 Å². The molecule has 166 valence electrons. The van der Waals surface area contributed by atoms with Gasteiger partial charge in [0.15, 0.2) is 0 Å². The second-order valence-corrected chi connectivity index (χ2v) is 8.06. The summed E-state index contributed by atoms with van der Waals surface area (Å²) in [4.78, 5) is 28.2. The van der Waals surface area contributed by atoms with Crippen LogP contribution in [0.1, 0.15) is 21.8 Å². The number of amides is 2. The average Bonchev–Trinajstić information content (AvgIpc) is 3.19. The molecule has 6 nitrogen and oxygen atoms in total. The van der Waals surface area contributed by atoms with Crippen molar-refractivity contribution in [1.29, 1.82) is 0 Å². The Labute approximate surface area is 190 Å². The van der Waals surface area contributed by atoms with E-state index in [9.17, 15) is 14.0 Å². The van der Waals surface area contributed by atoms with Gasteiger partial charge in [0, 0.05) is 24.5 Å². The number of benzene rings is 2. The van der Waals surface area contributed by atoms with Gasteiger partial charge in [-0.2, -0.15) is 0 Å². The van der Waals surface area contributed by atoms with Crippen LogP contribution < -0.4 is 15.4 Å². The number of aromatic nitrogens is 1. The number of hydrogen-bond donors (Lipinski definition) is 2. The van der Waals surface area contributed by atoms with Gasteiger partial charge in [-0.1, -0.05) is 24.3 Å². The van der Waals surface area contributed by atoms with E-state index in [0.717, 1.165) is 16.3 Å². The summed E-state index contributed by atoms with van der Waals surface area (Å²) in [5.41, 5.74) is 2.31. The Balaban J connectivity index is 1.37. The topological polar surface area (TPSA) is 80.3 Å². The lowest BCUT2D eigenvalue weighted by Crippen LogP contribution is -2.34. The van der Waals surface area contributed by atoms with E-state index in [2.05, 4.69) is 15.6 Å². The molecule has 0 aliphatic carbocycles. The molecule has 3 aromatic rings. The van der Waals surface area contributed by atoms with Crippen molar-refractivity contribution in [2.75, 3.05) is 13.1 Å². The molecule has 0 bridgehead atoms. The van der Waals surface area contributed by atoms with E-state index in [1.165, 1.54) is 18.2 Å². The van der Waals surface area contributed by atoms with Crippen LogP contribution in [0.2, 0.25) is 0 Å². The minimum Gasteiger partial charge on any atom is -0.487 e. The Morgan fingerprint density at radius 2 is 1.94 bits per heavy atom. The molecule has 0 fully saturated rings. The first kappa shape index (κ1) is 23.1. The zero-order valence-corrected chi connectivity index (χ0v) is 18.5. The second kappa shape index (κ2) is 11.8. The van der Waals surface area contributed by atoms with Crippen molar-refractivity contribution >= 4 is 29.2 Å². The van der Waals surface area contributed by atoms with Crippen LogP contribution in [0.25, 0.3) is 6.08 Å². The highest BCUT2D eigenvalue weighted by Gasteiger charge is 2.04. The highest BCUT2D eigenvalue weighted by Crippen LogP contribution is 2.17. The maximum atomic E-state index is 13.1. The first-order chi connectivity index (χ1) is 15.5. The van der Waals surface area contributed by atoms with Crippen LogP contribution >= 0.6 is 11.3 Å². The summed E-state index contributed by atoms with van der Waals surface area (Å²) in [5, 5.41) is 8.36. The van der Waals surface area contributed by atoms with Crippen molar-refractivity contribution < 1.29 is 18.7 Å². The molecule has 1 aromatic heterocycles. The smallest absolute Gasteiger partial charge is 0.244 e. The van der Waals surface area contributed by atoms with Gasteiger partial charge < -0.3 is 15.4 Å². The van der Waals surface area contributed by atoms with Crippen molar-refractivity contribution in [3.05, 3.63) is 87.6 Å². The zero-order valence-electron chi connectivity index (χ0n) is 17.6. The van der Waals surface area contributed by atoms with Crippen LogP contribution in [0.15, 0.2) is 60.0 Å². The van der Waals surface area contributed by atoms with E-state index in [1.807, 2.05) is 36.6 Å². The van der Waals surface area contributed by atoms with Crippen LogP contribution in [-0.2, 0) is 22.6 Å². The molecule has 0 saturated heterocycles. The molecule has 2 amide bonds. The first-order valence-electron chi connectivity index (χ1n) is 10.1. The predicted molar refractivity (Wildman–Crippen MR) is 123 cm³/mol. The molecule has 0 aliphatic rings. The van der Waals surface area contributed by atoms with Gasteiger partial charge >= 0.3 is 0 Å². The highest BCUT2D eigenvalue weighted by molar-refractivity contribution is 7.09. The summed E-state index contributed by atoms with van der Waals surface area (Å²) >= 11 is 1.58. The van der Waals surface area contributed by atoms with Gasteiger partial charge in [-0.3, -0.25) is 9.59 Å². The molecule has 8 heteroatoms. The second-order valence-electron chi connectivity index (χ2n) is 7.00. The van der Waals surface area contributed by atoms with Crippen LogP contribution in [0.3, 0.4) is 0 Å². The van der Waals surface area contributed by atoms with Gasteiger partial charge in [0.25, 0.3) is 0 Å². The van der Waals surface area contributed by atoms with E-state index in [-0.39, 0.29) is 37.1 Å². The van der Waals surface area contributed by atoms with E-state index < -0.39 is 0 Å². The Bertz CT molecular complexity index is 1100. The molecule has 3 rings (SSSR count). The molecule has 0 atom stereocenters. The van der Waals surface area contributed by atoms with E-state index >= 15 is 0 Å². The zero-order chi connectivity index (χ0) is 22.8. The van der Waals surface area contributed by atoms with Gasteiger partial charge in [-0.15, -0.1) is 11.3 Å². The Morgan fingerprint density at radius 1 is 1.12 bits per heavy atom. The summed E-state index contributed by atoms with van der Waals surface area (Å²) < 4.78 is 18.9. The number of ether oxygens (including phenoxy) is 1. The monoisotopic (exact) mass is 453 g/mol. The fraction of sp³-hybridized carbons (Fsp3) is 0.208. The molecule has 0 radical (unpaired) electrons. The van der Waals surface area contributed by atoms with Crippen LogP contribution in [0.4, 0.5) is 4.39 Å². The lowest BCUT2D eigenvalue weighted by Gasteiger charge is -2.06. The summed E-state index contributed by atoms with van der Waals surface area (Å²) in [6.45, 7) is 2.91. The van der Waals surface area contributed by atoms with Gasteiger partial charge in [0.1, 0.15) is 18.2 Å². The molecule has 2 aromatic carbocycles. The standard InChI is InChI=1S/C24H24FN3O3S/c1-17-28-21(16-32-17)15-31-22-7-3-4-18(13-22)8-9-23(29)26-10-11-27-24(30)14-19-5-2-6-20(25)12-19/h2-9,12-13,16H,10-11,14-15H2,1H3,(H,26,29)(H,27,30)/b9-8+. The SMILES string of the molecule is Cc1nc(COc2cccc(/C=C/C(=O)NCCNC(=O)Cc3cccc(F)c3)c2)cs1. The average molecular weight is 454 g/mol. The van der Waals surface area contributed by atoms with Crippen molar-refractivity contribution in [3.63, 3.8) is 0 Å². The summed E-state index contributed by atoms with van der Waals surface area (Å²) in [7, 11) is 0. The third kappa shape index (κ3) is 7.96. The van der Waals surface area contributed by atoms with Crippen molar-refractivity contribution in [1.82, 2.24) is 15.6 Å². The minimum atomic E-state index is -0.374. The van der Waals surface area contributed by atoms with E-state index in [4.69, 9.17) is 4.74 Å². The Kier molecular flexibility index (Phi) is 8.51. The highest BCUT2D eigenvalue weighted by atomic mass is 32.1. The molecule has 0 spiro atoms. The molecular weight excluding hydrogens is 429 g/mol. The number of thiazole rings is 1. The number of halogens is 1. The minimum absolute atomic E-state index is 0.0894. The molecule has 0 saturated carbocycles. The number of nitrogens with zero attached hydrogens (tertiary/aromatic N) is 1. The van der Waals surface area contributed by atoms with E-state index in [0.29, 0.717) is 17.9 Å². The first-order valence-corrected chi connectivity index (χ1v) is 11.0.